The van der Waals surface area contributed by atoms with E-state index in [1.54, 1.807) is 0 Å². The second-order valence-corrected chi connectivity index (χ2v) is 7.29. The molecule has 1 N–H and O–H groups in total. The van der Waals surface area contributed by atoms with E-state index in [1.807, 2.05) is 6.07 Å². The molecule has 0 saturated heterocycles. The van der Waals surface area contributed by atoms with Crippen molar-refractivity contribution in [1.29, 1.82) is 0 Å². The summed E-state index contributed by atoms with van der Waals surface area (Å²) in [7, 11) is 0. The van der Waals surface area contributed by atoms with Crippen molar-refractivity contribution in [2.75, 3.05) is 6.54 Å². The lowest BCUT2D eigenvalue weighted by Gasteiger charge is -2.52. The van der Waals surface area contributed by atoms with Gasteiger partial charge in [-0.2, -0.15) is 0 Å². The average molecular weight is 278 g/mol. The lowest BCUT2D eigenvalue weighted by Crippen LogP contribution is -2.55. The molecule has 2 atom stereocenters. The van der Waals surface area contributed by atoms with Gasteiger partial charge in [-0.25, -0.2) is 0 Å². The Balaban J connectivity index is 2.17. The Morgan fingerprint density at radius 3 is 2.62 bits per heavy atom. The number of rotatable bonds is 3. The first-order valence-corrected chi connectivity index (χ1v) is 7.22. The highest BCUT2D eigenvalue weighted by atomic mass is 35.5. The van der Waals surface area contributed by atoms with Crippen molar-refractivity contribution >= 4 is 34.5 Å². The second kappa shape index (κ2) is 4.49. The normalized spacial score (nSPS) is 27.8. The first-order chi connectivity index (χ1) is 7.46. The fourth-order valence-corrected chi connectivity index (χ4v) is 4.22. The molecule has 0 aliphatic heterocycles. The molecular formula is C12H17Cl2NS. The lowest BCUT2D eigenvalue weighted by molar-refractivity contribution is 0.0710. The molecule has 1 saturated carbocycles. The molecule has 1 aromatic rings. The molecule has 1 fully saturated rings. The third kappa shape index (κ3) is 2.01. The van der Waals surface area contributed by atoms with Gasteiger partial charge in [0.1, 0.15) is 0 Å². The molecule has 1 aromatic heterocycles. The zero-order valence-corrected chi connectivity index (χ0v) is 12.1. The van der Waals surface area contributed by atoms with Gasteiger partial charge in [0.15, 0.2) is 0 Å². The maximum Gasteiger partial charge on any atom is 0.0979 e. The van der Waals surface area contributed by atoms with E-state index in [2.05, 4.69) is 26.1 Å². The Bertz CT molecular complexity index is 386. The summed E-state index contributed by atoms with van der Waals surface area (Å²) in [5.74, 6) is 0.535. The largest absolute Gasteiger partial charge is 0.314 e. The molecule has 1 nitrogen and oxygen atoms in total. The van der Waals surface area contributed by atoms with Crippen LogP contribution in [0.25, 0.3) is 0 Å². The van der Waals surface area contributed by atoms with Gasteiger partial charge >= 0.3 is 0 Å². The van der Waals surface area contributed by atoms with Gasteiger partial charge in [0.2, 0.25) is 0 Å². The monoisotopic (exact) mass is 277 g/mol. The van der Waals surface area contributed by atoms with E-state index >= 15 is 0 Å². The summed E-state index contributed by atoms with van der Waals surface area (Å²) in [6.45, 7) is 7.78. The van der Waals surface area contributed by atoms with Crippen molar-refractivity contribution in [1.82, 2.24) is 5.32 Å². The van der Waals surface area contributed by atoms with Crippen LogP contribution in [-0.2, 0) is 0 Å². The van der Waals surface area contributed by atoms with E-state index in [0.717, 1.165) is 21.6 Å². The van der Waals surface area contributed by atoms with Crippen LogP contribution in [0.2, 0.25) is 8.67 Å². The molecule has 0 amide bonds. The van der Waals surface area contributed by atoms with Gasteiger partial charge in [-0.3, -0.25) is 0 Å². The highest BCUT2D eigenvalue weighted by molar-refractivity contribution is 7.20. The SMILES string of the molecule is CCNC1CC(c2cc(Cl)sc2Cl)C1(C)C. The maximum absolute atomic E-state index is 6.22. The van der Waals surface area contributed by atoms with Crippen LogP contribution in [0.4, 0.5) is 0 Å². The molecule has 0 spiro atoms. The predicted molar refractivity (Wildman–Crippen MR) is 72.9 cm³/mol. The van der Waals surface area contributed by atoms with Crippen molar-refractivity contribution in [3.63, 3.8) is 0 Å². The van der Waals surface area contributed by atoms with Crippen LogP contribution < -0.4 is 5.32 Å². The summed E-state index contributed by atoms with van der Waals surface area (Å²) in [6, 6.07) is 2.63. The second-order valence-electron chi connectivity index (χ2n) is 5.00. The minimum atomic E-state index is 0.268. The Kier molecular flexibility index (Phi) is 3.56. The fourth-order valence-electron chi connectivity index (χ4n) is 2.64. The van der Waals surface area contributed by atoms with E-state index in [-0.39, 0.29) is 5.41 Å². The van der Waals surface area contributed by atoms with E-state index in [9.17, 15) is 0 Å². The van der Waals surface area contributed by atoms with Crippen LogP contribution in [0, 0.1) is 5.41 Å². The zero-order chi connectivity index (χ0) is 11.9. The first kappa shape index (κ1) is 12.7. The van der Waals surface area contributed by atoms with Crippen LogP contribution in [-0.4, -0.2) is 12.6 Å². The molecule has 2 unspecified atom stereocenters. The minimum absolute atomic E-state index is 0.268. The van der Waals surface area contributed by atoms with Crippen LogP contribution in [0.15, 0.2) is 6.07 Å². The Morgan fingerprint density at radius 1 is 1.50 bits per heavy atom. The van der Waals surface area contributed by atoms with Crippen molar-refractivity contribution in [2.24, 2.45) is 5.41 Å². The molecule has 16 heavy (non-hydrogen) atoms. The molecule has 4 heteroatoms. The van der Waals surface area contributed by atoms with Crippen LogP contribution >= 0.6 is 34.5 Å². The molecule has 2 rings (SSSR count). The van der Waals surface area contributed by atoms with Gasteiger partial charge in [0.25, 0.3) is 0 Å². The third-order valence-electron chi connectivity index (χ3n) is 3.78. The highest BCUT2D eigenvalue weighted by Crippen LogP contribution is 2.55. The van der Waals surface area contributed by atoms with Gasteiger partial charge < -0.3 is 5.32 Å². The van der Waals surface area contributed by atoms with Gasteiger partial charge in [0.05, 0.1) is 8.67 Å². The smallest absolute Gasteiger partial charge is 0.0979 e. The topological polar surface area (TPSA) is 12.0 Å². The van der Waals surface area contributed by atoms with Gasteiger partial charge in [-0.05, 0) is 35.9 Å². The minimum Gasteiger partial charge on any atom is -0.314 e. The number of halogens is 2. The Labute approximate surface area is 111 Å². The van der Waals surface area contributed by atoms with E-state index in [4.69, 9.17) is 23.2 Å². The maximum atomic E-state index is 6.22. The van der Waals surface area contributed by atoms with E-state index < -0.39 is 0 Å². The number of nitrogens with one attached hydrogen (secondary N) is 1. The predicted octanol–water partition coefficient (Wildman–Crippen LogP) is 4.55. The van der Waals surface area contributed by atoms with Gasteiger partial charge in [0, 0.05) is 6.04 Å². The van der Waals surface area contributed by atoms with Crippen LogP contribution in [0.1, 0.15) is 38.7 Å². The number of thiophene rings is 1. The zero-order valence-electron chi connectivity index (χ0n) is 9.81. The van der Waals surface area contributed by atoms with Crippen molar-refractivity contribution in [3.05, 3.63) is 20.3 Å². The lowest BCUT2D eigenvalue weighted by atomic mass is 9.56. The molecule has 0 radical (unpaired) electrons. The van der Waals surface area contributed by atoms with Crippen molar-refractivity contribution in [2.45, 2.75) is 39.2 Å². The van der Waals surface area contributed by atoms with Crippen LogP contribution in [0.5, 0.6) is 0 Å². The molecule has 90 valence electrons. The summed E-state index contributed by atoms with van der Waals surface area (Å²) >= 11 is 13.7. The van der Waals surface area contributed by atoms with E-state index in [0.29, 0.717) is 12.0 Å². The number of hydrogen-bond acceptors (Lipinski definition) is 2. The molecule has 1 heterocycles. The van der Waals surface area contributed by atoms with Crippen molar-refractivity contribution in [3.8, 4) is 0 Å². The molecular weight excluding hydrogens is 261 g/mol. The molecule has 1 aliphatic rings. The fraction of sp³-hybridized carbons (Fsp3) is 0.667. The molecule has 0 aromatic carbocycles. The third-order valence-corrected chi connectivity index (χ3v) is 5.29. The van der Waals surface area contributed by atoms with Crippen LogP contribution in [0.3, 0.4) is 0 Å². The summed E-state index contributed by atoms with van der Waals surface area (Å²) in [4.78, 5) is 0. The van der Waals surface area contributed by atoms with Crippen molar-refractivity contribution < 1.29 is 0 Å². The Morgan fingerprint density at radius 2 is 2.19 bits per heavy atom. The average Bonchev–Trinajstić information content (AvgIpc) is 2.51. The summed E-state index contributed by atoms with van der Waals surface area (Å²) < 4.78 is 1.65. The van der Waals surface area contributed by atoms with Gasteiger partial charge in [-0.15, -0.1) is 11.3 Å². The first-order valence-electron chi connectivity index (χ1n) is 5.65. The standard InChI is InChI=1S/C12H17Cl2NS/c1-4-15-9-6-8(12(9,2)3)7-5-10(13)16-11(7)14/h5,8-9,15H,4,6H2,1-3H3. The Hall–Kier alpha value is 0.240. The summed E-state index contributed by atoms with van der Waals surface area (Å²) in [5, 5.41) is 3.53. The number of hydrogen-bond donors (Lipinski definition) is 1. The quantitative estimate of drug-likeness (QED) is 0.855. The summed E-state index contributed by atoms with van der Waals surface area (Å²) in [5.41, 5.74) is 1.50. The molecule has 0 bridgehead atoms. The van der Waals surface area contributed by atoms with E-state index in [1.165, 1.54) is 16.9 Å². The summed E-state index contributed by atoms with van der Waals surface area (Å²) in [6.07, 6.45) is 1.16. The molecule has 1 aliphatic carbocycles. The van der Waals surface area contributed by atoms with Gasteiger partial charge in [-0.1, -0.05) is 44.0 Å². The highest BCUT2D eigenvalue weighted by Gasteiger charge is 2.49.